The van der Waals surface area contributed by atoms with Gasteiger partial charge in [-0.05, 0) is 37.1 Å². The Bertz CT molecular complexity index is 612. The standard InChI is InChI=1S/C18H20N2O/c1-14-13-17(19-15-7-3-2-4-8-15)16-9-5-6-10-18(16)20(14)11-12-21/h2-10,12,14,17,19H,11,13H2,1H3. The van der Waals surface area contributed by atoms with Gasteiger partial charge in [0.2, 0.25) is 0 Å². The van der Waals surface area contributed by atoms with Gasteiger partial charge < -0.3 is 15.0 Å². The first-order chi connectivity index (χ1) is 10.3. The van der Waals surface area contributed by atoms with Gasteiger partial charge >= 0.3 is 0 Å². The maximum absolute atomic E-state index is 10.9. The molecule has 3 heteroatoms. The molecule has 1 heterocycles. The number of nitrogens with one attached hydrogen (secondary N) is 1. The van der Waals surface area contributed by atoms with Gasteiger partial charge in [0.25, 0.3) is 0 Å². The van der Waals surface area contributed by atoms with Crippen molar-refractivity contribution in [3.05, 3.63) is 60.2 Å². The molecule has 1 aliphatic heterocycles. The minimum Gasteiger partial charge on any atom is -0.378 e. The Morgan fingerprint density at radius 1 is 1.14 bits per heavy atom. The third-order valence-electron chi connectivity index (χ3n) is 4.12. The van der Waals surface area contributed by atoms with Gasteiger partial charge in [-0.3, -0.25) is 0 Å². The van der Waals surface area contributed by atoms with Crippen LogP contribution in [0.3, 0.4) is 0 Å². The predicted octanol–water partition coefficient (Wildman–Crippen LogP) is 3.64. The summed E-state index contributed by atoms with van der Waals surface area (Å²) >= 11 is 0. The monoisotopic (exact) mass is 280 g/mol. The second-order valence-electron chi connectivity index (χ2n) is 5.53. The first kappa shape index (κ1) is 13.7. The Hall–Kier alpha value is -2.29. The van der Waals surface area contributed by atoms with Crippen LogP contribution in [0.25, 0.3) is 0 Å². The highest BCUT2D eigenvalue weighted by Crippen LogP contribution is 2.38. The Kier molecular flexibility index (Phi) is 3.91. The molecular formula is C18H20N2O. The number of nitrogens with zero attached hydrogens (tertiary/aromatic N) is 1. The lowest BCUT2D eigenvalue weighted by molar-refractivity contribution is -0.106. The molecule has 2 aromatic rings. The smallest absolute Gasteiger partial charge is 0.139 e. The third-order valence-corrected chi connectivity index (χ3v) is 4.12. The van der Waals surface area contributed by atoms with E-state index in [-0.39, 0.29) is 6.04 Å². The Labute approximate surface area is 125 Å². The van der Waals surface area contributed by atoms with Crippen LogP contribution in [0.15, 0.2) is 54.6 Å². The Morgan fingerprint density at radius 2 is 1.86 bits per heavy atom. The van der Waals surface area contributed by atoms with Crippen molar-refractivity contribution in [2.45, 2.75) is 25.4 Å². The summed E-state index contributed by atoms with van der Waals surface area (Å²) in [5.74, 6) is 0. The number of carbonyl (C=O) groups is 1. The highest BCUT2D eigenvalue weighted by molar-refractivity contribution is 5.67. The van der Waals surface area contributed by atoms with Crippen molar-refractivity contribution in [2.24, 2.45) is 0 Å². The molecule has 0 radical (unpaired) electrons. The molecule has 3 rings (SSSR count). The van der Waals surface area contributed by atoms with Crippen molar-refractivity contribution in [3.8, 4) is 0 Å². The van der Waals surface area contributed by atoms with Crippen LogP contribution in [0.1, 0.15) is 24.9 Å². The summed E-state index contributed by atoms with van der Waals surface area (Å²) in [6, 6.07) is 19.3. The van der Waals surface area contributed by atoms with Crippen LogP contribution in [-0.4, -0.2) is 18.9 Å². The highest BCUT2D eigenvalue weighted by atomic mass is 16.1. The molecule has 3 nitrogen and oxygen atoms in total. The Balaban J connectivity index is 1.92. The zero-order valence-electron chi connectivity index (χ0n) is 12.2. The summed E-state index contributed by atoms with van der Waals surface area (Å²) in [7, 11) is 0. The van der Waals surface area contributed by atoms with Crippen molar-refractivity contribution in [1.82, 2.24) is 0 Å². The summed E-state index contributed by atoms with van der Waals surface area (Å²) in [4.78, 5) is 13.1. The van der Waals surface area contributed by atoms with E-state index in [2.05, 4.69) is 47.5 Å². The topological polar surface area (TPSA) is 32.3 Å². The van der Waals surface area contributed by atoms with Crippen LogP contribution >= 0.6 is 0 Å². The fraction of sp³-hybridized carbons (Fsp3) is 0.278. The molecule has 2 aromatic carbocycles. The van der Waals surface area contributed by atoms with E-state index < -0.39 is 0 Å². The predicted molar refractivity (Wildman–Crippen MR) is 86.7 cm³/mol. The van der Waals surface area contributed by atoms with Gasteiger partial charge in [-0.25, -0.2) is 0 Å². The molecule has 2 atom stereocenters. The van der Waals surface area contributed by atoms with Crippen LogP contribution < -0.4 is 10.2 Å². The van der Waals surface area contributed by atoms with E-state index in [1.807, 2.05) is 24.3 Å². The van der Waals surface area contributed by atoms with Crippen LogP contribution in [0.5, 0.6) is 0 Å². The molecule has 0 spiro atoms. The van der Waals surface area contributed by atoms with Crippen LogP contribution in [0.2, 0.25) is 0 Å². The minimum atomic E-state index is 0.279. The van der Waals surface area contributed by atoms with E-state index in [0.29, 0.717) is 12.6 Å². The summed E-state index contributed by atoms with van der Waals surface area (Å²) in [6.07, 6.45) is 1.97. The molecule has 2 unspecified atom stereocenters. The number of rotatable bonds is 4. The molecule has 1 aliphatic rings. The molecule has 0 bridgehead atoms. The van der Waals surface area contributed by atoms with E-state index in [4.69, 9.17) is 0 Å². The van der Waals surface area contributed by atoms with Crippen molar-refractivity contribution >= 4 is 17.7 Å². The molecule has 0 aliphatic carbocycles. The lowest BCUT2D eigenvalue weighted by Gasteiger charge is -2.40. The van der Waals surface area contributed by atoms with Gasteiger partial charge in [0.1, 0.15) is 6.29 Å². The zero-order chi connectivity index (χ0) is 14.7. The molecule has 108 valence electrons. The zero-order valence-corrected chi connectivity index (χ0v) is 12.2. The number of carbonyl (C=O) groups excluding carboxylic acids is 1. The van der Waals surface area contributed by atoms with E-state index in [9.17, 15) is 4.79 Å². The van der Waals surface area contributed by atoms with Gasteiger partial charge in [0, 0.05) is 17.4 Å². The second-order valence-corrected chi connectivity index (χ2v) is 5.53. The lowest BCUT2D eigenvalue weighted by atomic mass is 9.91. The minimum absolute atomic E-state index is 0.279. The third kappa shape index (κ3) is 2.77. The van der Waals surface area contributed by atoms with Gasteiger partial charge in [0.05, 0.1) is 12.6 Å². The summed E-state index contributed by atoms with van der Waals surface area (Å²) in [6.45, 7) is 2.63. The van der Waals surface area contributed by atoms with Crippen molar-refractivity contribution in [1.29, 1.82) is 0 Å². The summed E-state index contributed by atoms with van der Waals surface area (Å²) in [5, 5.41) is 3.62. The first-order valence-electron chi connectivity index (χ1n) is 7.40. The fourth-order valence-corrected chi connectivity index (χ4v) is 3.11. The van der Waals surface area contributed by atoms with Gasteiger partial charge in [0.15, 0.2) is 0 Å². The van der Waals surface area contributed by atoms with Gasteiger partial charge in [-0.15, -0.1) is 0 Å². The van der Waals surface area contributed by atoms with Crippen LogP contribution in [0.4, 0.5) is 11.4 Å². The molecule has 0 amide bonds. The molecule has 0 saturated carbocycles. The quantitative estimate of drug-likeness (QED) is 0.868. The number of anilines is 2. The summed E-state index contributed by atoms with van der Waals surface area (Å²) < 4.78 is 0. The number of hydrogen-bond acceptors (Lipinski definition) is 3. The van der Waals surface area contributed by atoms with Crippen molar-refractivity contribution in [2.75, 3.05) is 16.8 Å². The van der Waals surface area contributed by atoms with Crippen LogP contribution in [-0.2, 0) is 4.79 Å². The average Bonchev–Trinajstić information content (AvgIpc) is 2.52. The molecule has 0 fully saturated rings. The fourth-order valence-electron chi connectivity index (χ4n) is 3.11. The maximum Gasteiger partial charge on any atom is 0.139 e. The number of fused-ring (bicyclic) bond motifs is 1. The summed E-state index contributed by atoms with van der Waals surface area (Å²) in [5.41, 5.74) is 3.56. The first-order valence-corrected chi connectivity index (χ1v) is 7.40. The largest absolute Gasteiger partial charge is 0.378 e. The molecule has 21 heavy (non-hydrogen) atoms. The second kappa shape index (κ2) is 6.00. The van der Waals surface area contributed by atoms with E-state index in [1.54, 1.807) is 0 Å². The molecular weight excluding hydrogens is 260 g/mol. The molecule has 0 saturated heterocycles. The molecule has 0 aromatic heterocycles. The molecule has 1 N–H and O–H groups in total. The maximum atomic E-state index is 10.9. The van der Waals surface area contributed by atoms with Crippen molar-refractivity contribution in [3.63, 3.8) is 0 Å². The van der Waals surface area contributed by atoms with Gasteiger partial charge in [-0.1, -0.05) is 36.4 Å². The SMILES string of the molecule is CC1CC(Nc2ccccc2)c2ccccc2N1CC=O. The average molecular weight is 280 g/mol. The number of aldehydes is 1. The Morgan fingerprint density at radius 3 is 2.62 bits per heavy atom. The lowest BCUT2D eigenvalue weighted by Crippen LogP contribution is -2.41. The van der Waals surface area contributed by atoms with Crippen LogP contribution in [0, 0.1) is 0 Å². The number of hydrogen-bond donors (Lipinski definition) is 1. The van der Waals surface area contributed by atoms with E-state index >= 15 is 0 Å². The van der Waals surface area contributed by atoms with E-state index in [1.165, 1.54) is 5.56 Å². The van der Waals surface area contributed by atoms with Gasteiger partial charge in [-0.2, -0.15) is 0 Å². The van der Waals surface area contributed by atoms with Crippen molar-refractivity contribution < 1.29 is 4.79 Å². The number of para-hydroxylation sites is 2. The van der Waals surface area contributed by atoms with E-state index in [0.717, 1.165) is 24.1 Å². The normalized spacial score (nSPS) is 20.7. The highest BCUT2D eigenvalue weighted by Gasteiger charge is 2.29. The number of benzene rings is 2.